The maximum atomic E-state index is 13.5. The number of rotatable bonds is 5. The van der Waals surface area contributed by atoms with Crippen LogP contribution in [0.5, 0.6) is 5.75 Å². The van der Waals surface area contributed by atoms with Crippen molar-refractivity contribution in [1.29, 1.82) is 0 Å². The number of methoxy groups -OCH3 is 2. The van der Waals surface area contributed by atoms with Gasteiger partial charge in [0.25, 0.3) is 5.91 Å². The van der Waals surface area contributed by atoms with Crippen LogP contribution in [0.3, 0.4) is 0 Å². The molecule has 136 valence electrons. The smallest absolute Gasteiger partial charge is 0.283 e. The number of carbonyl (C=O) groups excluding carboxylic acids is 1. The van der Waals surface area contributed by atoms with Crippen molar-refractivity contribution in [3.05, 3.63) is 58.4 Å². The van der Waals surface area contributed by atoms with Gasteiger partial charge in [0.1, 0.15) is 17.4 Å². The van der Waals surface area contributed by atoms with Gasteiger partial charge in [0.05, 0.1) is 29.5 Å². The van der Waals surface area contributed by atoms with Crippen molar-refractivity contribution in [2.24, 2.45) is 4.99 Å². The van der Waals surface area contributed by atoms with Crippen molar-refractivity contribution in [3.63, 3.8) is 0 Å². The van der Waals surface area contributed by atoms with Gasteiger partial charge in [-0.1, -0.05) is 11.3 Å². The van der Waals surface area contributed by atoms with Gasteiger partial charge < -0.3 is 14.0 Å². The van der Waals surface area contributed by atoms with E-state index in [1.54, 1.807) is 17.7 Å². The fourth-order valence-electron chi connectivity index (χ4n) is 2.53. The van der Waals surface area contributed by atoms with E-state index in [9.17, 15) is 13.6 Å². The Kier molecular flexibility index (Phi) is 5.43. The number of ether oxygens (including phenoxy) is 2. The molecular weight excluding hydrogens is 362 g/mol. The Bertz CT molecular complexity index is 1030. The van der Waals surface area contributed by atoms with Crippen LogP contribution >= 0.6 is 11.3 Å². The molecule has 0 bridgehead atoms. The average molecular weight is 378 g/mol. The molecule has 0 aliphatic rings. The van der Waals surface area contributed by atoms with E-state index < -0.39 is 11.7 Å². The number of nitrogens with zero attached hydrogens (tertiary/aromatic N) is 2. The Hall–Kier alpha value is -2.58. The summed E-state index contributed by atoms with van der Waals surface area (Å²) in [6.45, 7) is 0.836. The van der Waals surface area contributed by atoms with Gasteiger partial charge in [-0.3, -0.25) is 4.79 Å². The second-order valence-electron chi connectivity index (χ2n) is 5.40. The van der Waals surface area contributed by atoms with Crippen LogP contribution in [0.4, 0.5) is 8.78 Å². The molecule has 5 nitrogen and oxygen atoms in total. The molecule has 0 aliphatic carbocycles. The summed E-state index contributed by atoms with van der Waals surface area (Å²) in [7, 11) is 2.96. The lowest BCUT2D eigenvalue weighted by Gasteiger charge is -2.06. The molecule has 1 aromatic heterocycles. The van der Waals surface area contributed by atoms with Crippen molar-refractivity contribution < 1.29 is 23.0 Å². The molecule has 0 fully saturated rings. The quantitative estimate of drug-likeness (QED) is 0.684. The van der Waals surface area contributed by atoms with Crippen LogP contribution in [0.2, 0.25) is 0 Å². The molecule has 0 saturated carbocycles. The van der Waals surface area contributed by atoms with Crippen LogP contribution < -0.4 is 9.54 Å². The average Bonchev–Trinajstić information content (AvgIpc) is 2.95. The molecule has 26 heavy (non-hydrogen) atoms. The van der Waals surface area contributed by atoms with Crippen LogP contribution in [0, 0.1) is 11.6 Å². The summed E-state index contributed by atoms with van der Waals surface area (Å²) in [5, 5.41) is 0. The minimum Gasteiger partial charge on any atom is -0.496 e. The second kappa shape index (κ2) is 7.76. The van der Waals surface area contributed by atoms with Crippen LogP contribution in [-0.2, 0) is 11.3 Å². The highest BCUT2D eigenvalue weighted by Crippen LogP contribution is 2.21. The van der Waals surface area contributed by atoms with E-state index in [2.05, 4.69) is 4.99 Å². The van der Waals surface area contributed by atoms with Crippen molar-refractivity contribution in [2.45, 2.75) is 6.54 Å². The summed E-state index contributed by atoms with van der Waals surface area (Å²) in [5.41, 5.74) is 0.764. The van der Waals surface area contributed by atoms with Gasteiger partial charge in [0.15, 0.2) is 4.80 Å². The Labute approximate surface area is 152 Å². The highest BCUT2D eigenvalue weighted by molar-refractivity contribution is 7.16. The fraction of sp³-hybridized carbons (Fsp3) is 0.222. The van der Waals surface area contributed by atoms with Crippen molar-refractivity contribution in [1.82, 2.24) is 4.57 Å². The van der Waals surface area contributed by atoms with Crippen LogP contribution in [0.1, 0.15) is 10.4 Å². The lowest BCUT2D eigenvalue weighted by Crippen LogP contribution is -2.19. The summed E-state index contributed by atoms with van der Waals surface area (Å²) in [6.07, 6.45) is 0. The first kappa shape index (κ1) is 18.2. The standard InChI is InChI=1S/C18H16F2N2O3S/c1-24-8-7-22-14-5-3-12(20)10-16(14)26-18(22)21-17(23)13-9-11(19)4-6-15(13)25-2/h3-6,9-10H,7-8H2,1-2H3/b21-18-. The first-order valence-corrected chi connectivity index (χ1v) is 8.55. The molecule has 0 unspecified atom stereocenters. The fourth-order valence-corrected chi connectivity index (χ4v) is 3.60. The van der Waals surface area contributed by atoms with Crippen molar-refractivity contribution in [3.8, 4) is 5.75 Å². The van der Waals surface area contributed by atoms with E-state index in [0.29, 0.717) is 22.7 Å². The number of hydrogen-bond acceptors (Lipinski definition) is 4. The molecule has 3 rings (SSSR count). The molecule has 0 radical (unpaired) electrons. The number of hydrogen-bond donors (Lipinski definition) is 0. The lowest BCUT2D eigenvalue weighted by molar-refractivity contribution is 0.0994. The summed E-state index contributed by atoms with van der Waals surface area (Å²) >= 11 is 1.17. The third-order valence-corrected chi connectivity index (χ3v) is 4.79. The van der Waals surface area contributed by atoms with E-state index in [4.69, 9.17) is 9.47 Å². The van der Waals surface area contributed by atoms with Crippen molar-refractivity contribution >= 4 is 27.5 Å². The third-order valence-electron chi connectivity index (χ3n) is 3.75. The predicted octanol–water partition coefficient (Wildman–Crippen LogP) is 3.38. The topological polar surface area (TPSA) is 52.8 Å². The third kappa shape index (κ3) is 3.66. The van der Waals surface area contributed by atoms with Gasteiger partial charge in [0, 0.05) is 13.7 Å². The van der Waals surface area contributed by atoms with Crippen LogP contribution in [0.25, 0.3) is 10.2 Å². The SMILES string of the molecule is COCCn1/c(=N/C(=O)c2cc(F)ccc2OC)sc2cc(F)ccc21. The highest BCUT2D eigenvalue weighted by Gasteiger charge is 2.14. The Balaban J connectivity index is 2.14. The Morgan fingerprint density at radius 2 is 1.88 bits per heavy atom. The van der Waals surface area contributed by atoms with E-state index in [1.165, 1.54) is 42.7 Å². The van der Waals surface area contributed by atoms with Gasteiger partial charge in [-0.25, -0.2) is 8.78 Å². The molecule has 8 heteroatoms. The maximum absolute atomic E-state index is 13.5. The number of thiazole rings is 1. The first-order chi connectivity index (χ1) is 12.5. The van der Waals surface area contributed by atoms with E-state index in [1.807, 2.05) is 0 Å². The molecule has 1 heterocycles. The Morgan fingerprint density at radius 1 is 1.15 bits per heavy atom. The first-order valence-electron chi connectivity index (χ1n) is 7.74. The zero-order chi connectivity index (χ0) is 18.7. The minimum atomic E-state index is -0.639. The molecule has 0 aliphatic heterocycles. The number of amides is 1. The maximum Gasteiger partial charge on any atom is 0.283 e. The molecule has 0 atom stereocenters. The number of carbonyl (C=O) groups is 1. The van der Waals surface area contributed by atoms with Gasteiger partial charge in [-0.15, -0.1) is 0 Å². The highest BCUT2D eigenvalue weighted by atomic mass is 32.1. The molecule has 0 N–H and O–H groups in total. The van der Waals surface area contributed by atoms with Crippen LogP contribution in [-0.4, -0.2) is 31.3 Å². The number of fused-ring (bicyclic) bond motifs is 1. The van der Waals surface area contributed by atoms with Gasteiger partial charge >= 0.3 is 0 Å². The molecule has 1 amide bonds. The zero-order valence-electron chi connectivity index (χ0n) is 14.2. The molecule has 0 spiro atoms. The van der Waals surface area contributed by atoms with Crippen molar-refractivity contribution in [2.75, 3.05) is 20.8 Å². The normalized spacial score (nSPS) is 11.9. The molecular formula is C18H16F2N2O3S. The molecule has 3 aromatic rings. The summed E-state index contributed by atoms with van der Waals surface area (Å²) in [6, 6.07) is 8.02. The zero-order valence-corrected chi connectivity index (χ0v) is 15.0. The summed E-state index contributed by atoms with van der Waals surface area (Å²) in [5.74, 6) is -1.34. The van der Waals surface area contributed by atoms with Gasteiger partial charge in [0.2, 0.25) is 0 Å². The largest absolute Gasteiger partial charge is 0.496 e. The monoisotopic (exact) mass is 378 g/mol. The van der Waals surface area contributed by atoms with E-state index >= 15 is 0 Å². The predicted molar refractivity (Wildman–Crippen MR) is 94.5 cm³/mol. The number of benzene rings is 2. The van der Waals surface area contributed by atoms with Crippen LogP contribution in [0.15, 0.2) is 41.4 Å². The lowest BCUT2D eigenvalue weighted by atomic mass is 10.2. The van der Waals surface area contributed by atoms with E-state index in [0.717, 1.165) is 11.6 Å². The number of aromatic nitrogens is 1. The summed E-state index contributed by atoms with van der Waals surface area (Å²) in [4.78, 5) is 17.1. The summed E-state index contributed by atoms with van der Waals surface area (Å²) < 4.78 is 39.7. The molecule has 2 aromatic carbocycles. The van der Waals surface area contributed by atoms with Gasteiger partial charge in [-0.05, 0) is 36.4 Å². The Morgan fingerprint density at radius 3 is 2.62 bits per heavy atom. The second-order valence-corrected chi connectivity index (χ2v) is 6.41. The number of halogens is 2. The van der Waals surface area contributed by atoms with E-state index in [-0.39, 0.29) is 17.1 Å². The molecule has 0 saturated heterocycles. The minimum absolute atomic E-state index is 0.0226. The van der Waals surface area contributed by atoms with Gasteiger partial charge in [-0.2, -0.15) is 4.99 Å².